The van der Waals surface area contributed by atoms with Gasteiger partial charge in [0.1, 0.15) is 17.3 Å². The summed E-state index contributed by atoms with van der Waals surface area (Å²) in [6, 6.07) is 22.3. The first-order valence-electron chi connectivity index (χ1n) is 21.7. The summed E-state index contributed by atoms with van der Waals surface area (Å²) < 4.78 is 0.944. The summed E-state index contributed by atoms with van der Waals surface area (Å²) in [7, 11) is 0. The number of anilines is 2. The van der Waals surface area contributed by atoms with Gasteiger partial charge in [-0.15, -0.1) is 34.0 Å². The molecule has 0 atom stereocenters. The van der Waals surface area contributed by atoms with Gasteiger partial charge in [0.2, 0.25) is 0 Å². The number of aryl methyl sites for hydroxylation is 4. The molecule has 2 aromatic carbocycles. The average Bonchev–Trinajstić information content (AvgIpc) is 3.90. The molecular formula is C49H57N3O5S3. The van der Waals surface area contributed by atoms with Gasteiger partial charge in [0.05, 0.1) is 4.53 Å². The van der Waals surface area contributed by atoms with E-state index >= 15 is 0 Å². The lowest BCUT2D eigenvalue weighted by atomic mass is 10.0. The number of benzene rings is 2. The van der Waals surface area contributed by atoms with Crippen molar-refractivity contribution in [2.75, 3.05) is 11.4 Å². The van der Waals surface area contributed by atoms with Crippen molar-refractivity contribution >= 4 is 69.0 Å². The summed E-state index contributed by atoms with van der Waals surface area (Å²) in [5.74, 6) is -2.79. The first-order valence-corrected chi connectivity index (χ1v) is 24.2. The fraction of sp³-hybridized carbons (Fsp3) is 0.429. The van der Waals surface area contributed by atoms with Gasteiger partial charge in [0.25, 0.3) is 5.56 Å². The molecule has 11 heteroatoms. The summed E-state index contributed by atoms with van der Waals surface area (Å²) in [5, 5.41) is 29.0. The molecule has 1 aliphatic rings. The number of hydrogen-bond acceptors (Lipinski definition) is 8. The van der Waals surface area contributed by atoms with Crippen molar-refractivity contribution in [1.82, 2.24) is 4.57 Å². The quantitative estimate of drug-likeness (QED) is 0.0704. The number of nitriles is 1. The molecule has 1 aliphatic heterocycles. The smallest absolute Gasteiger partial charge is 0.349 e. The highest BCUT2D eigenvalue weighted by atomic mass is 32.1. The number of thiophene rings is 2. The van der Waals surface area contributed by atoms with E-state index in [4.69, 9.17) is 0 Å². The van der Waals surface area contributed by atoms with Crippen LogP contribution in [-0.4, -0.2) is 33.3 Å². The lowest BCUT2D eigenvalue weighted by Gasteiger charge is -2.27. The monoisotopic (exact) mass is 863 g/mol. The van der Waals surface area contributed by atoms with Crippen LogP contribution in [0.3, 0.4) is 0 Å². The Labute approximate surface area is 365 Å². The Hall–Kier alpha value is -4.76. The first-order chi connectivity index (χ1) is 29.2. The molecule has 0 saturated heterocycles. The van der Waals surface area contributed by atoms with E-state index in [1.165, 1.54) is 81.9 Å². The Kier molecular flexibility index (Phi) is 16.2. The summed E-state index contributed by atoms with van der Waals surface area (Å²) in [4.78, 5) is 44.5. The maximum Gasteiger partial charge on any atom is 0.349 e. The Balaban J connectivity index is 1.44. The van der Waals surface area contributed by atoms with Gasteiger partial charge in [0.15, 0.2) is 5.57 Å². The molecule has 5 aromatic rings. The number of aliphatic carboxylic acids is 2. The zero-order valence-electron chi connectivity index (χ0n) is 35.2. The number of carboxylic acids is 2. The minimum absolute atomic E-state index is 0.161. The fourth-order valence-electron chi connectivity index (χ4n) is 8.14. The molecule has 0 spiro atoms. The molecule has 0 fully saturated rings. The van der Waals surface area contributed by atoms with Crippen molar-refractivity contribution in [3.63, 3.8) is 0 Å². The van der Waals surface area contributed by atoms with E-state index in [-0.39, 0.29) is 9.20 Å². The van der Waals surface area contributed by atoms with Crippen molar-refractivity contribution < 1.29 is 19.8 Å². The predicted molar refractivity (Wildman–Crippen MR) is 249 cm³/mol. The third-order valence-electron chi connectivity index (χ3n) is 11.3. The van der Waals surface area contributed by atoms with Crippen LogP contribution in [0.25, 0.3) is 31.8 Å². The predicted octanol–water partition coefficient (Wildman–Crippen LogP) is 11.1. The molecule has 6 rings (SSSR count). The van der Waals surface area contributed by atoms with Crippen LogP contribution in [0.5, 0.6) is 0 Å². The second kappa shape index (κ2) is 21.7. The molecule has 0 unspecified atom stereocenters. The Morgan fingerprint density at radius 2 is 1.40 bits per heavy atom. The largest absolute Gasteiger partial charge is 0.480 e. The molecule has 60 heavy (non-hydrogen) atoms. The third-order valence-corrected chi connectivity index (χ3v) is 15.0. The zero-order valence-corrected chi connectivity index (χ0v) is 37.6. The normalized spacial score (nSPS) is 13.2. The van der Waals surface area contributed by atoms with Crippen molar-refractivity contribution in [2.24, 2.45) is 0 Å². The topological polar surface area (TPSA) is 124 Å². The lowest BCUT2D eigenvalue weighted by molar-refractivity contribution is -0.138. The van der Waals surface area contributed by atoms with E-state index in [9.17, 15) is 29.9 Å². The highest BCUT2D eigenvalue weighted by molar-refractivity contribution is 7.24. The number of rotatable bonds is 21. The van der Waals surface area contributed by atoms with Crippen LogP contribution >= 0.6 is 34.0 Å². The van der Waals surface area contributed by atoms with E-state index in [0.717, 1.165) is 102 Å². The maximum absolute atomic E-state index is 13.7. The number of hydrogen-bond donors (Lipinski definition) is 2. The molecule has 0 radical (unpaired) electrons. The van der Waals surface area contributed by atoms with Crippen molar-refractivity contribution in [3.05, 3.63) is 101 Å². The van der Waals surface area contributed by atoms with E-state index in [1.807, 2.05) is 11.3 Å². The van der Waals surface area contributed by atoms with E-state index in [0.29, 0.717) is 0 Å². The van der Waals surface area contributed by atoms with Crippen LogP contribution in [0.1, 0.15) is 125 Å². The van der Waals surface area contributed by atoms with Gasteiger partial charge < -0.3 is 15.1 Å². The van der Waals surface area contributed by atoms with Crippen LogP contribution < -0.4 is 19.7 Å². The van der Waals surface area contributed by atoms with Gasteiger partial charge in [-0.3, -0.25) is 14.2 Å². The molecule has 0 amide bonds. The number of unbranched alkanes of at least 4 members (excludes halogenated alkanes) is 9. The number of fused-ring (bicyclic) bond motifs is 2. The molecule has 3 aromatic heterocycles. The molecular weight excluding hydrogens is 807 g/mol. The van der Waals surface area contributed by atoms with E-state index in [1.54, 1.807) is 23.5 Å². The summed E-state index contributed by atoms with van der Waals surface area (Å²) in [5.41, 5.74) is 7.83. The molecule has 4 heterocycles. The SMILES string of the molecule is CCCCCCc1cc(-c2sc(-c3ccc4c(c3)CCc3ccccc3N4CCCCCC)cc2CCCCCC)sc1C=c1sc(=C(C#N)C(=O)O)n(CC(=O)O)c1=O. The number of aromatic nitrogens is 1. The Morgan fingerprint density at radius 1 is 0.750 bits per heavy atom. The molecule has 0 bridgehead atoms. The summed E-state index contributed by atoms with van der Waals surface area (Å²) >= 11 is 4.32. The first kappa shape index (κ1) is 44.8. The van der Waals surface area contributed by atoms with Crippen LogP contribution in [0.15, 0.2) is 59.4 Å². The number of para-hydroxylation sites is 1. The standard InChI is InChI=1S/C49H57N3O5S3/c1-4-7-10-13-19-35-28-43(58-42(35)30-44-47(55)52(32-45(53)54)48(60-44)38(31-50)49(56)57)46-37(20-14-11-8-5-2)29-41(59-46)36-24-25-40-34(27-36)23-22-33-18-15-16-21-39(33)51(40)26-17-12-9-6-3/h15-16,18,21,24-25,27-30H,4-14,17,19-20,22-23,26,32H2,1-3H3,(H,53,54)(H,56,57). The highest BCUT2D eigenvalue weighted by Crippen LogP contribution is 2.45. The number of carboxylic acid groups (broad SMARTS) is 2. The Morgan fingerprint density at radius 3 is 2.08 bits per heavy atom. The van der Waals surface area contributed by atoms with Gasteiger partial charge >= 0.3 is 11.9 Å². The zero-order chi connectivity index (χ0) is 42.6. The van der Waals surface area contributed by atoms with Gasteiger partial charge in [-0.05, 0) is 109 Å². The fourth-order valence-corrected chi connectivity index (χ4v) is 11.8. The van der Waals surface area contributed by atoms with Gasteiger partial charge in [-0.25, -0.2) is 4.79 Å². The van der Waals surface area contributed by atoms with Crippen LogP contribution in [0.2, 0.25) is 0 Å². The molecule has 0 saturated carbocycles. The van der Waals surface area contributed by atoms with E-state index in [2.05, 4.69) is 80.3 Å². The minimum atomic E-state index is -1.50. The van der Waals surface area contributed by atoms with Crippen LogP contribution in [0.4, 0.5) is 11.4 Å². The van der Waals surface area contributed by atoms with Crippen molar-refractivity contribution in [2.45, 2.75) is 130 Å². The van der Waals surface area contributed by atoms with E-state index < -0.39 is 29.6 Å². The Bertz CT molecular complexity index is 2520. The highest BCUT2D eigenvalue weighted by Gasteiger charge is 2.23. The summed E-state index contributed by atoms with van der Waals surface area (Å²) in [6.45, 7) is 6.95. The second-order valence-corrected chi connectivity index (χ2v) is 18.9. The molecule has 316 valence electrons. The van der Waals surface area contributed by atoms with Gasteiger partial charge in [-0.2, -0.15) is 5.26 Å². The third kappa shape index (κ3) is 10.8. The molecule has 2 N–H and O–H groups in total. The van der Waals surface area contributed by atoms with Gasteiger partial charge in [0, 0.05) is 37.4 Å². The number of carbonyl (C=O) groups is 2. The second-order valence-electron chi connectivity index (χ2n) is 15.8. The maximum atomic E-state index is 13.7. The molecule has 0 aliphatic carbocycles. The number of thiazole rings is 1. The van der Waals surface area contributed by atoms with Crippen molar-refractivity contribution in [3.8, 4) is 26.3 Å². The summed E-state index contributed by atoms with van der Waals surface area (Å²) in [6.07, 6.45) is 19.4. The van der Waals surface area contributed by atoms with Crippen LogP contribution in [-0.2, 0) is 41.8 Å². The van der Waals surface area contributed by atoms with Crippen LogP contribution in [0, 0.1) is 11.3 Å². The van der Waals surface area contributed by atoms with Crippen molar-refractivity contribution in [1.29, 1.82) is 5.26 Å². The molecule has 8 nitrogen and oxygen atoms in total. The van der Waals surface area contributed by atoms with Gasteiger partial charge in [-0.1, -0.05) is 103 Å². The average molecular weight is 864 g/mol. The lowest BCUT2D eigenvalue weighted by Crippen LogP contribution is -2.35. The number of nitrogens with zero attached hydrogens (tertiary/aromatic N) is 3. The minimum Gasteiger partial charge on any atom is -0.480 e.